The Bertz CT molecular complexity index is 861. The Morgan fingerprint density at radius 3 is 2.74 bits per heavy atom. The fourth-order valence-corrected chi connectivity index (χ4v) is 3.68. The summed E-state index contributed by atoms with van der Waals surface area (Å²) >= 11 is 0. The van der Waals surface area contributed by atoms with E-state index in [1.165, 1.54) is 0 Å². The largest absolute Gasteiger partial charge is 0.481 e. The van der Waals surface area contributed by atoms with Gasteiger partial charge in [0.15, 0.2) is 5.78 Å². The quantitative estimate of drug-likeness (QED) is 0.471. The van der Waals surface area contributed by atoms with E-state index in [0.29, 0.717) is 31.2 Å². The molecule has 0 bridgehead atoms. The maximum Gasteiger partial charge on any atom is 0.303 e. The Balaban J connectivity index is 1.63. The van der Waals surface area contributed by atoms with Crippen molar-refractivity contribution in [3.63, 3.8) is 0 Å². The van der Waals surface area contributed by atoms with Crippen LogP contribution in [0.4, 0.5) is 0 Å². The molecule has 1 fully saturated rings. The van der Waals surface area contributed by atoms with Crippen LogP contribution in [0.2, 0.25) is 0 Å². The normalized spacial score (nSPS) is 21.3. The molecule has 27 heavy (non-hydrogen) atoms. The number of hydrogen-bond donors (Lipinski definition) is 2. The average Bonchev–Trinajstić information content (AvgIpc) is 2.94. The van der Waals surface area contributed by atoms with Crippen LogP contribution in [0.1, 0.15) is 60.0 Å². The number of carboxylic acids is 1. The monoisotopic (exact) mass is 367 g/mol. The SMILES string of the molecule is O=C(O)CCCCC#Cc1ccc2c(c1)CC(C1CCC(=O)NC1=O)C2=O. The van der Waals surface area contributed by atoms with Gasteiger partial charge in [0.2, 0.25) is 11.8 Å². The molecule has 0 radical (unpaired) electrons. The van der Waals surface area contributed by atoms with Gasteiger partial charge in [-0.15, -0.1) is 0 Å². The van der Waals surface area contributed by atoms with Crippen LogP contribution in [-0.4, -0.2) is 28.7 Å². The van der Waals surface area contributed by atoms with Crippen LogP contribution < -0.4 is 5.32 Å². The van der Waals surface area contributed by atoms with Crippen LogP contribution in [0.3, 0.4) is 0 Å². The van der Waals surface area contributed by atoms with Gasteiger partial charge < -0.3 is 5.11 Å². The molecule has 1 saturated heterocycles. The van der Waals surface area contributed by atoms with Gasteiger partial charge in [-0.3, -0.25) is 24.5 Å². The summed E-state index contributed by atoms with van der Waals surface area (Å²) in [6, 6.07) is 5.45. The van der Waals surface area contributed by atoms with Gasteiger partial charge in [-0.05, 0) is 49.4 Å². The van der Waals surface area contributed by atoms with Gasteiger partial charge in [-0.1, -0.05) is 11.8 Å². The zero-order valence-corrected chi connectivity index (χ0v) is 14.9. The molecule has 3 rings (SSSR count). The van der Waals surface area contributed by atoms with E-state index in [1.807, 2.05) is 6.07 Å². The summed E-state index contributed by atoms with van der Waals surface area (Å²) < 4.78 is 0. The third-order valence-corrected chi connectivity index (χ3v) is 5.09. The molecule has 0 spiro atoms. The van der Waals surface area contributed by atoms with E-state index in [0.717, 1.165) is 17.5 Å². The molecule has 6 heteroatoms. The first-order chi connectivity index (χ1) is 13.0. The minimum absolute atomic E-state index is 0.0346. The van der Waals surface area contributed by atoms with Gasteiger partial charge in [0.05, 0.1) is 0 Å². The van der Waals surface area contributed by atoms with Crippen LogP contribution in [0.25, 0.3) is 0 Å². The number of nitrogens with one attached hydrogen (secondary N) is 1. The number of carboxylic acid groups (broad SMARTS) is 1. The molecule has 140 valence electrons. The van der Waals surface area contributed by atoms with Crippen LogP contribution in [0.15, 0.2) is 18.2 Å². The van der Waals surface area contributed by atoms with Crippen molar-refractivity contribution in [3.8, 4) is 11.8 Å². The first-order valence-corrected chi connectivity index (χ1v) is 9.17. The molecule has 2 N–H and O–H groups in total. The van der Waals surface area contributed by atoms with E-state index in [9.17, 15) is 19.2 Å². The molecular weight excluding hydrogens is 346 g/mol. The summed E-state index contributed by atoms with van der Waals surface area (Å²) in [4.78, 5) is 46.5. The number of ketones is 1. The number of fused-ring (bicyclic) bond motifs is 1. The number of carbonyl (C=O) groups is 4. The number of amides is 2. The number of imide groups is 1. The van der Waals surface area contributed by atoms with E-state index in [2.05, 4.69) is 17.2 Å². The highest BCUT2D eigenvalue weighted by atomic mass is 16.4. The lowest BCUT2D eigenvalue weighted by molar-refractivity contribution is -0.138. The second-order valence-corrected chi connectivity index (χ2v) is 7.01. The fourth-order valence-electron chi connectivity index (χ4n) is 3.68. The molecule has 1 heterocycles. The van der Waals surface area contributed by atoms with E-state index in [4.69, 9.17) is 5.11 Å². The third-order valence-electron chi connectivity index (χ3n) is 5.09. The molecule has 6 nitrogen and oxygen atoms in total. The van der Waals surface area contributed by atoms with Gasteiger partial charge in [-0.2, -0.15) is 0 Å². The third kappa shape index (κ3) is 4.43. The van der Waals surface area contributed by atoms with Crippen molar-refractivity contribution in [2.24, 2.45) is 11.8 Å². The highest BCUT2D eigenvalue weighted by Gasteiger charge is 2.41. The second-order valence-electron chi connectivity index (χ2n) is 7.01. The molecule has 2 amide bonds. The number of aliphatic carboxylic acids is 1. The first kappa shape index (κ1) is 18.8. The number of rotatable bonds is 5. The Hall–Kier alpha value is -2.94. The summed E-state index contributed by atoms with van der Waals surface area (Å²) in [5.41, 5.74) is 2.34. The summed E-state index contributed by atoms with van der Waals surface area (Å²) in [6.45, 7) is 0. The summed E-state index contributed by atoms with van der Waals surface area (Å²) in [7, 11) is 0. The smallest absolute Gasteiger partial charge is 0.303 e. The topological polar surface area (TPSA) is 101 Å². The van der Waals surface area contributed by atoms with Crippen LogP contribution in [0.5, 0.6) is 0 Å². The zero-order chi connectivity index (χ0) is 19.4. The van der Waals surface area contributed by atoms with Gasteiger partial charge >= 0.3 is 5.97 Å². The number of carbonyl (C=O) groups excluding carboxylic acids is 3. The van der Waals surface area contributed by atoms with Gasteiger partial charge in [-0.25, -0.2) is 0 Å². The first-order valence-electron chi connectivity index (χ1n) is 9.17. The minimum Gasteiger partial charge on any atom is -0.481 e. The van der Waals surface area contributed by atoms with Crippen molar-refractivity contribution in [3.05, 3.63) is 34.9 Å². The van der Waals surface area contributed by atoms with Gasteiger partial charge in [0.1, 0.15) is 0 Å². The van der Waals surface area contributed by atoms with Crippen molar-refractivity contribution in [1.29, 1.82) is 0 Å². The Morgan fingerprint density at radius 1 is 1.19 bits per heavy atom. The predicted octanol–water partition coefficient (Wildman–Crippen LogP) is 2.09. The molecule has 1 aromatic carbocycles. The average molecular weight is 367 g/mol. The van der Waals surface area contributed by atoms with Crippen LogP contribution in [0, 0.1) is 23.7 Å². The lowest BCUT2D eigenvalue weighted by Crippen LogP contribution is -2.44. The van der Waals surface area contributed by atoms with Crippen LogP contribution >= 0.6 is 0 Å². The fraction of sp³-hybridized carbons (Fsp3) is 0.429. The standard InChI is InChI=1S/C21H21NO5/c23-18-10-9-16(21(27)22-18)17-12-14-11-13(7-8-15(14)20(17)26)5-3-1-2-4-6-19(24)25/h7-8,11,16-17H,1-2,4,6,9-10,12H2,(H,24,25)(H,22,23,27). The zero-order valence-electron chi connectivity index (χ0n) is 14.9. The van der Waals surface area contributed by atoms with E-state index in [1.54, 1.807) is 12.1 Å². The number of Topliss-reactive ketones (excluding diaryl/α,β-unsaturated/α-hetero) is 1. The Morgan fingerprint density at radius 2 is 2.00 bits per heavy atom. The van der Waals surface area contributed by atoms with Crippen molar-refractivity contribution >= 4 is 23.6 Å². The van der Waals surface area contributed by atoms with Gasteiger partial charge in [0.25, 0.3) is 0 Å². The van der Waals surface area contributed by atoms with Crippen molar-refractivity contribution in [2.75, 3.05) is 0 Å². The molecule has 1 aromatic rings. The van der Waals surface area contributed by atoms with Crippen LogP contribution in [-0.2, 0) is 20.8 Å². The maximum absolute atomic E-state index is 12.7. The summed E-state index contributed by atoms with van der Waals surface area (Å²) in [5, 5.41) is 10.9. The molecule has 2 atom stereocenters. The lowest BCUT2D eigenvalue weighted by Gasteiger charge is -2.24. The molecule has 2 aliphatic rings. The molecule has 1 aliphatic heterocycles. The van der Waals surface area contributed by atoms with E-state index >= 15 is 0 Å². The summed E-state index contributed by atoms with van der Waals surface area (Å²) in [6.07, 6.45) is 3.31. The number of piperidine rings is 1. The van der Waals surface area contributed by atoms with Crippen molar-refractivity contribution in [1.82, 2.24) is 5.32 Å². The van der Waals surface area contributed by atoms with Gasteiger partial charge in [0, 0.05) is 42.2 Å². The number of hydrogen-bond acceptors (Lipinski definition) is 4. The molecular formula is C21H21NO5. The molecule has 1 aliphatic carbocycles. The highest BCUT2D eigenvalue weighted by Crippen LogP contribution is 2.35. The highest BCUT2D eigenvalue weighted by molar-refractivity contribution is 6.07. The second kappa shape index (κ2) is 8.17. The Labute approximate surface area is 157 Å². The summed E-state index contributed by atoms with van der Waals surface area (Å²) in [5.74, 6) is 3.77. The minimum atomic E-state index is -0.795. The van der Waals surface area contributed by atoms with Crippen molar-refractivity contribution in [2.45, 2.75) is 44.9 Å². The molecule has 0 saturated carbocycles. The van der Waals surface area contributed by atoms with E-state index < -0.39 is 17.8 Å². The van der Waals surface area contributed by atoms with E-state index in [-0.39, 0.29) is 30.4 Å². The Kier molecular flexibility index (Phi) is 5.70. The maximum atomic E-state index is 12.7. The number of benzene rings is 1. The predicted molar refractivity (Wildman–Crippen MR) is 96.8 cm³/mol. The number of unbranched alkanes of at least 4 members (excludes halogenated alkanes) is 2. The lowest BCUT2D eigenvalue weighted by atomic mass is 9.83. The van der Waals surface area contributed by atoms with Crippen molar-refractivity contribution < 1.29 is 24.3 Å². The molecule has 0 aromatic heterocycles. The molecule has 2 unspecified atom stereocenters.